The van der Waals surface area contributed by atoms with Gasteiger partial charge in [0.05, 0.1) is 13.2 Å². The molecule has 3 rings (SSSR count). The second-order valence-corrected chi connectivity index (χ2v) is 5.96. The molecule has 0 unspecified atom stereocenters. The van der Waals surface area contributed by atoms with E-state index in [4.69, 9.17) is 9.26 Å². The van der Waals surface area contributed by atoms with Gasteiger partial charge in [0.2, 0.25) is 5.91 Å². The number of benzene rings is 1. The molecule has 122 valence electrons. The summed E-state index contributed by atoms with van der Waals surface area (Å²) in [6, 6.07) is 9.87. The van der Waals surface area contributed by atoms with Gasteiger partial charge in [-0.15, -0.1) is 0 Å². The summed E-state index contributed by atoms with van der Waals surface area (Å²) in [5.74, 6) is 1.81. The minimum Gasteiger partial charge on any atom is -0.497 e. The third-order valence-corrected chi connectivity index (χ3v) is 4.35. The van der Waals surface area contributed by atoms with Crippen LogP contribution in [0.4, 0.5) is 0 Å². The molecule has 5 heteroatoms. The van der Waals surface area contributed by atoms with Gasteiger partial charge in [-0.3, -0.25) is 4.79 Å². The van der Waals surface area contributed by atoms with Crippen LogP contribution in [-0.2, 0) is 11.2 Å². The van der Waals surface area contributed by atoms with Crippen molar-refractivity contribution < 1.29 is 14.1 Å². The molecule has 1 aromatic carbocycles. The highest BCUT2D eigenvalue weighted by Gasteiger charge is 2.31. The fourth-order valence-electron chi connectivity index (χ4n) is 3.10. The first kappa shape index (κ1) is 15.6. The molecular formula is C18H22N2O3. The monoisotopic (exact) mass is 314 g/mol. The average Bonchev–Trinajstić information content (AvgIpc) is 3.21. The molecule has 2 aromatic rings. The number of ether oxygens (including phenoxy) is 1. The Kier molecular flexibility index (Phi) is 4.65. The highest BCUT2D eigenvalue weighted by Crippen LogP contribution is 2.32. The molecule has 1 fully saturated rings. The van der Waals surface area contributed by atoms with Crippen LogP contribution < -0.4 is 4.74 Å². The summed E-state index contributed by atoms with van der Waals surface area (Å²) >= 11 is 0. The standard InChI is InChI=1S/C18H22N2O3/c1-13-12-16(19-23-13)17-4-3-11-20(17)18(21)10-7-14-5-8-15(22-2)9-6-14/h5-6,8-9,12,17H,3-4,7,10-11H2,1-2H3/t17-/m0/s1. The Balaban J connectivity index is 1.60. The van der Waals surface area contributed by atoms with E-state index >= 15 is 0 Å². The highest BCUT2D eigenvalue weighted by molar-refractivity contribution is 5.77. The third-order valence-electron chi connectivity index (χ3n) is 4.35. The summed E-state index contributed by atoms with van der Waals surface area (Å²) in [4.78, 5) is 14.5. The van der Waals surface area contributed by atoms with Crippen LogP contribution in [0, 0.1) is 6.92 Å². The van der Waals surface area contributed by atoms with Gasteiger partial charge in [-0.2, -0.15) is 0 Å². The lowest BCUT2D eigenvalue weighted by atomic mass is 10.1. The molecule has 1 aliphatic rings. The van der Waals surface area contributed by atoms with Gasteiger partial charge in [0, 0.05) is 19.0 Å². The number of rotatable bonds is 5. The molecule has 2 heterocycles. The molecule has 23 heavy (non-hydrogen) atoms. The number of carbonyl (C=O) groups is 1. The van der Waals surface area contributed by atoms with Gasteiger partial charge in [-0.05, 0) is 43.9 Å². The van der Waals surface area contributed by atoms with Gasteiger partial charge in [-0.1, -0.05) is 17.3 Å². The molecule has 0 N–H and O–H groups in total. The fraction of sp³-hybridized carbons (Fsp3) is 0.444. The van der Waals surface area contributed by atoms with Crippen LogP contribution >= 0.6 is 0 Å². The molecule has 0 bridgehead atoms. The zero-order valence-corrected chi connectivity index (χ0v) is 13.6. The predicted molar refractivity (Wildman–Crippen MR) is 86.2 cm³/mol. The number of aryl methyl sites for hydroxylation is 2. The number of hydrogen-bond acceptors (Lipinski definition) is 4. The Morgan fingerprint density at radius 2 is 2.17 bits per heavy atom. The second-order valence-electron chi connectivity index (χ2n) is 5.96. The van der Waals surface area contributed by atoms with E-state index in [-0.39, 0.29) is 11.9 Å². The number of methoxy groups -OCH3 is 1. The lowest BCUT2D eigenvalue weighted by molar-refractivity contribution is -0.132. The molecule has 0 radical (unpaired) electrons. The van der Waals surface area contributed by atoms with Crippen LogP contribution in [0.3, 0.4) is 0 Å². The molecule has 1 aromatic heterocycles. The summed E-state index contributed by atoms with van der Waals surface area (Å²) in [6.45, 7) is 2.68. The van der Waals surface area contributed by atoms with Gasteiger partial charge in [0.25, 0.3) is 0 Å². The first-order valence-electron chi connectivity index (χ1n) is 8.03. The number of aromatic nitrogens is 1. The molecule has 1 atom stereocenters. The first-order valence-corrected chi connectivity index (χ1v) is 8.03. The van der Waals surface area contributed by atoms with Crippen molar-refractivity contribution in [2.75, 3.05) is 13.7 Å². The minimum atomic E-state index is 0.0656. The topological polar surface area (TPSA) is 55.6 Å². The first-order chi connectivity index (χ1) is 11.2. The minimum absolute atomic E-state index is 0.0656. The quantitative estimate of drug-likeness (QED) is 0.850. The largest absolute Gasteiger partial charge is 0.497 e. The summed E-state index contributed by atoms with van der Waals surface area (Å²) in [6.07, 6.45) is 3.23. The Labute approximate surface area is 136 Å². The summed E-state index contributed by atoms with van der Waals surface area (Å²) in [7, 11) is 1.65. The van der Waals surface area contributed by atoms with Crippen molar-refractivity contribution in [1.29, 1.82) is 0 Å². The Hall–Kier alpha value is -2.30. The fourth-order valence-corrected chi connectivity index (χ4v) is 3.10. The maximum Gasteiger partial charge on any atom is 0.223 e. The van der Waals surface area contributed by atoms with Crippen LogP contribution in [0.25, 0.3) is 0 Å². The van der Waals surface area contributed by atoms with Crippen molar-refractivity contribution in [2.45, 2.75) is 38.6 Å². The van der Waals surface area contributed by atoms with Crippen molar-refractivity contribution >= 4 is 5.91 Å². The highest BCUT2D eigenvalue weighted by atomic mass is 16.5. The smallest absolute Gasteiger partial charge is 0.223 e. The second kappa shape index (κ2) is 6.86. The van der Waals surface area contributed by atoms with Crippen LogP contribution in [0.1, 0.15) is 42.3 Å². The van der Waals surface area contributed by atoms with E-state index in [0.717, 1.165) is 48.6 Å². The summed E-state index contributed by atoms with van der Waals surface area (Å²) in [5.41, 5.74) is 2.02. The zero-order valence-electron chi connectivity index (χ0n) is 13.6. The van der Waals surface area contributed by atoms with Gasteiger partial charge >= 0.3 is 0 Å². The van der Waals surface area contributed by atoms with E-state index < -0.39 is 0 Å². The predicted octanol–water partition coefficient (Wildman–Crippen LogP) is 3.29. The Morgan fingerprint density at radius 1 is 1.39 bits per heavy atom. The molecule has 0 saturated carbocycles. The van der Waals surface area contributed by atoms with E-state index in [1.54, 1.807) is 7.11 Å². The molecule has 0 spiro atoms. The number of hydrogen-bond donors (Lipinski definition) is 0. The van der Waals surface area contributed by atoms with Crippen molar-refractivity contribution in [2.24, 2.45) is 0 Å². The molecule has 1 saturated heterocycles. The number of amides is 1. The number of nitrogens with zero attached hydrogens (tertiary/aromatic N) is 2. The molecule has 1 aliphatic heterocycles. The molecular weight excluding hydrogens is 292 g/mol. The van der Waals surface area contributed by atoms with Crippen LogP contribution in [0.2, 0.25) is 0 Å². The zero-order chi connectivity index (χ0) is 16.2. The summed E-state index contributed by atoms with van der Waals surface area (Å²) in [5, 5.41) is 4.09. The number of likely N-dealkylation sites (tertiary alicyclic amines) is 1. The maximum absolute atomic E-state index is 12.6. The molecule has 1 amide bonds. The van der Waals surface area contributed by atoms with Gasteiger partial charge in [0.1, 0.15) is 17.2 Å². The van der Waals surface area contributed by atoms with E-state index in [1.807, 2.05) is 42.2 Å². The lowest BCUT2D eigenvalue weighted by Gasteiger charge is -2.23. The maximum atomic E-state index is 12.6. The van der Waals surface area contributed by atoms with Crippen molar-refractivity contribution in [3.05, 3.63) is 47.3 Å². The van der Waals surface area contributed by atoms with E-state index in [1.165, 1.54) is 0 Å². The van der Waals surface area contributed by atoms with Crippen LogP contribution in [0.5, 0.6) is 5.75 Å². The van der Waals surface area contributed by atoms with E-state index in [9.17, 15) is 4.79 Å². The molecule has 0 aliphatic carbocycles. The molecule has 5 nitrogen and oxygen atoms in total. The Bertz CT molecular complexity index is 663. The van der Waals surface area contributed by atoms with E-state index in [2.05, 4.69) is 5.16 Å². The van der Waals surface area contributed by atoms with Crippen molar-refractivity contribution in [1.82, 2.24) is 10.1 Å². The third kappa shape index (κ3) is 3.55. The van der Waals surface area contributed by atoms with Gasteiger partial charge in [0.15, 0.2) is 0 Å². The summed E-state index contributed by atoms with van der Waals surface area (Å²) < 4.78 is 10.3. The van der Waals surface area contributed by atoms with Crippen molar-refractivity contribution in [3.8, 4) is 5.75 Å². The normalized spacial score (nSPS) is 17.5. The Morgan fingerprint density at radius 3 is 2.83 bits per heavy atom. The number of carbonyl (C=O) groups excluding carboxylic acids is 1. The van der Waals surface area contributed by atoms with Gasteiger partial charge in [-0.25, -0.2) is 0 Å². The van der Waals surface area contributed by atoms with Gasteiger partial charge < -0.3 is 14.2 Å². The lowest BCUT2D eigenvalue weighted by Crippen LogP contribution is -2.30. The van der Waals surface area contributed by atoms with Crippen LogP contribution in [-0.4, -0.2) is 29.6 Å². The van der Waals surface area contributed by atoms with E-state index in [0.29, 0.717) is 6.42 Å². The van der Waals surface area contributed by atoms with Crippen LogP contribution in [0.15, 0.2) is 34.9 Å². The van der Waals surface area contributed by atoms with Crippen molar-refractivity contribution in [3.63, 3.8) is 0 Å². The SMILES string of the molecule is COc1ccc(CCC(=O)N2CCC[C@H]2c2cc(C)on2)cc1. The average molecular weight is 314 g/mol.